The highest BCUT2D eigenvalue weighted by Crippen LogP contribution is 2.31. The van der Waals surface area contributed by atoms with Gasteiger partial charge in [-0.3, -0.25) is 9.69 Å². The number of anilines is 4. The molecule has 11 heteroatoms. The van der Waals surface area contributed by atoms with Crippen molar-refractivity contribution in [1.29, 1.82) is 0 Å². The maximum absolute atomic E-state index is 15.2. The lowest BCUT2D eigenvalue weighted by Crippen LogP contribution is -2.50. The highest BCUT2D eigenvalue weighted by molar-refractivity contribution is 5.98. The summed E-state index contributed by atoms with van der Waals surface area (Å²) in [5.74, 6) is -1.91. The van der Waals surface area contributed by atoms with Crippen molar-refractivity contribution in [3.05, 3.63) is 79.0 Å². The summed E-state index contributed by atoms with van der Waals surface area (Å²) in [6, 6.07) is 13.7. The number of β-amino-alcohol motifs (C(OH)–C–C–N with tert-alkyl or cyclic N) is 1. The van der Waals surface area contributed by atoms with Gasteiger partial charge < -0.3 is 20.6 Å². The molecule has 0 aliphatic carbocycles. The van der Waals surface area contributed by atoms with Gasteiger partial charge >= 0.3 is 0 Å². The fourth-order valence-corrected chi connectivity index (χ4v) is 4.85. The SMILES string of the molecule is C=CC(=O)Nc1cccc(-c2cccc3cnc(Nc4ccc(N5CCN(CC(C)(C)O)CC5)c(F)c4F)nc23)n1. The average Bonchev–Trinajstić information content (AvgIpc) is 2.95. The number of aliphatic hydroxyl groups is 1. The Kier molecular flexibility index (Phi) is 7.91. The van der Waals surface area contributed by atoms with E-state index < -0.39 is 17.2 Å². The van der Waals surface area contributed by atoms with Gasteiger partial charge in [-0.15, -0.1) is 0 Å². The summed E-state index contributed by atoms with van der Waals surface area (Å²) in [5.41, 5.74) is 1.07. The summed E-state index contributed by atoms with van der Waals surface area (Å²) in [4.78, 5) is 29.0. The summed E-state index contributed by atoms with van der Waals surface area (Å²) in [6.45, 7) is 9.77. The molecule has 5 rings (SSSR count). The van der Waals surface area contributed by atoms with Crippen molar-refractivity contribution in [2.75, 3.05) is 48.3 Å². The van der Waals surface area contributed by atoms with Crippen molar-refractivity contribution >= 4 is 40.0 Å². The minimum absolute atomic E-state index is 0.0870. The van der Waals surface area contributed by atoms with E-state index in [9.17, 15) is 9.90 Å². The number of nitrogens with one attached hydrogen (secondary N) is 2. The summed E-state index contributed by atoms with van der Waals surface area (Å²) in [6.07, 6.45) is 2.75. The lowest BCUT2D eigenvalue weighted by Gasteiger charge is -2.38. The van der Waals surface area contributed by atoms with Gasteiger partial charge in [0.1, 0.15) is 5.82 Å². The third-order valence-electron chi connectivity index (χ3n) is 6.70. The molecule has 9 nitrogen and oxygen atoms in total. The molecule has 0 bridgehead atoms. The van der Waals surface area contributed by atoms with Crippen LogP contribution in [0.5, 0.6) is 0 Å². The molecule has 212 valence electrons. The lowest BCUT2D eigenvalue weighted by atomic mass is 10.1. The van der Waals surface area contributed by atoms with Gasteiger partial charge in [-0.1, -0.05) is 30.8 Å². The van der Waals surface area contributed by atoms with Gasteiger partial charge in [0.25, 0.3) is 0 Å². The first-order valence-electron chi connectivity index (χ1n) is 13.2. The van der Waals surface area contributed by atoms with Gasteiger partial charge in [-0.25, -0.2) is 23.7 Å². The first kappa shape index (κ1) is 28.1. The zero-order chi connectivity index (χ0) is 29.1. The fourth-order valence-electron chi connectivity index (χ4n) is 4.85. The molecule has 1 aliphatic heterocycles. The zero-order valence-electron chi connectivity index (χ0n) is 22.9. The molecule has 0 spiro atoms. The first-order chi connectivity index (χ1) is 19.6. The summed E-state index contributed by atoms with van der Waals surface area (Å²) < 4.78 is 30.4. The van der Waals surface area contributed by atoms with Gasteiger partial charge in [0, 0.05) is 49.9 Å². The Labute approximate surface area is 236 Å². The van der Waals surface area contributed by atoms with Gasteiger partial charge in [-0.05, 0) is 44.2 Å². The Hall–Kier alpha value is -4.48. The number of hydrogen-bond acceptors (Lipinski definition) is 8. The Morgan fingerprint density at radius 2 is 1.80 bits per heavy atom. The van der Waals surface area contributed by atoms with Crippen LogP contribution in [0.4, 0.5) is 31.9 Å². The molecule has 1 fully saturated rings. The summed E-state index contributed by atoms with van der Waals surface area (Å²) in [5, 5.41) is 16.2. The second-order valence-electron chi connectivity index (χ2n) is 10.5. The number of piperazine rings is 1. The number of nitrogens with zero attached hydrogens (tertiary/aromatic N) is 5. The third-order valence-corrected chi connectivity index (χ3v) is 6.70. The standard InChI is InChI=1S/C30H31F2N7O2/c1-4-25(40)36-24-10-6-9-21(34-24)20-8-5-7-19-17-33-29(37-28(19)20)35-22-11-12-23(27(32)26(22)31)39-15-13-38(14-16-39)18-30(2,3)41/h4-12,17,41H,1,13-16,18H2,2-3H3,(H,33,35,37)(H,34,36,40). The zero-order valence-corrected chi connectivity index (χ0v) is 22.9. The minimum atomic E-state index is -1.02. The van der Waals surface area contributed by atoms with E-state index in [4.69, 9.17) is 0 Å². The number of carbonyl (C=O) groups is 1. The Morgan fingerprint density at radius 1 is 1.05 bits per heavy atom. The molecule has 1 aliphatic rings. The van der Waals surface area contributed by atoms with Crippen molar-refractivity contribution in [3.8, 4) is 11.3 Å². The van der Waals surface area contributed by atoms with E-state index in [0.717, 1.165) is 11.5 Å². The van der Waals surface area contributed by atoms with Crippen molar-refractivity contribution in [1.82, 2.24) is 19.9 Å². The molecule has 0 saturated carbocycles. The van der Waals surface area contributed by atoms with Crippen molar-refractivity contribution in [2.45, 2.75) is 19.4 Å². The molecular formula is C30H31F2N7O2. The number of carbonyl (C=O) groups excluding carboxylic acids is 1. The number of hydrogen-bond donors (Lipinski definition) is 3. The highest BCUT2D eigenvalue weighted by Gasteiger charge is 2.25. The van der Waals surface area contributed by atoms with Crippen LogP contribution in [0.1, 0.15) is 13.8 Å². The molecule has 41 heavy (non-hydrogen) atoms. The number of pyridine rings is 1. The maximum atomic E-state index is 15.2. The number of rotatable bonds is 8. The quantitative estimate of drug-likeness (QED) is 0.266. The van der Waals surface area contributed by atoms with Crippen LogP contribution in [0.3, 0.4) is 0 Å². The van der Waals surface area contributed by atoms with Gasteiger partial charge in [0.2, 0.25) is 11.9 Å². The average molecular weight is 560 g/mol. The fraction of sp³-hybridized carbons (Fsp3) is 0.267. The second-order valence-corrected chi connectivity index (χ2v) is 10.5. The van der Waals surface area contributed by atoms with Crippen LogP contribution >= 0.6 is 0 Å². The molecule has 3 N–H and O–H groups in total. The number of benzene rings is 2. The van der Waals surface area contributed by atoms with E-state index in [1.54, 1.807) is 49.2 Å². The number of aromatic nitrogens is 3. The maximum Gasteiger partial charge on any atom is 0.248 e. The van der Waals surface area contributed by atoms with Crippen molar-refractivity contribution < 1.29 is 18.7 Å². The molecule has 4 aromatic rings. The van der Waals surface area contributed by atoms with Gasteiger partial charge in [0.05, 0.1) is 28.2 Å². The number of halogens is 2. The van der Waals surface area contributed by atoms with Crippen LogP contribution in [0.2, 0.25) is 0 Å². The normalized spacial score (nSPS) is 14.2. The van der Waals surface area contributed by atoms with Gasteiger partial charge in [-0.2, -0.15) is 0 Å². The lowest BCUT2D eigenvalue weighted by molar-refractivity contribution is -0.111. The Balaban J connectivity index is 1.37. The van der Waals surface area contributed by atoms with Crippen LogP contribution in [0.15, 0.2) is 67.4 Å². The van der Waals surface area contributed by atoms with Crippen molar-refractivity contribution in [3.63, 3.8) is 0 Å². The van der Waals surface area contributed by atoms with E-state index in [0.29, 0.717) is 55.3 Å². The Bertz CT molecular complexity index is 1600. The van der Waals surface area contributed by atoms with Gasteiger partial charge in [0.15, 0.2) is 11.6 Å². The molecule has 0 unspecified atom stereocenters. The summed E-state index contributed by atoms with van der Waals surface area (Å²) >= 11 is 0. The molecule has 2 aromatic carbocycles. The number of para-hydroxylation sites is 1. The van der Waals surface area contributed by atoms with E-state index in [1.165, 1.54) is 6.07 Å². The molecule has 0 atom stereocenters. The second kappa shape index (κ2) is 11.6. The minimum Gasteiger partial charge on any atom is -0.389 e. The summed E-state index contributed by atoms with van der Waals surface area (Å²) in [7, 11) is 0. The first-order valence-corrected chi connectivity index (χ1v) is 13.2. The number of fused-ring (bicyclic) bond motifs is 1. The molecule has 3 heterocycles. The number of amides is 1. The van der Waals surface area contributed by atoms with E-state index in [1.807, 2.05) is 18.2 Å². The molecule has 0 radical (unpaired) electrons. The van der Waals surface area contributed by atoms with E-state index in [2.05, 4.69) is 37.1 Å². The molecule has 1 amide bonds. The van der Waals surface area contributed by atoms with Crippen LogP contribution in [-0.4, -0.2) is 69.2 Å². The molecular weight excluding hydrogens is 528 g/mol. The van der Waals surface area contributed by atoms with Crippen LogP contribution in [-0.2, 0) is 4.79 Å². The predicted molar refractivity (Wildman–Crippen MR) is 156 cm³/mol. The van der Waals surface area contributed by atoms with Crippen molar-refractivity contribution in [2.24, 2.45) is 0 Å². The van der Waals surface area contributed by atoms with Crippen LogP contribution < -0.4 is 15.5 Å². The topological polar surface area (TPSA) is 107 Å². The van der Waals surface area contributed by atoms with E-state index in [-0.39, 0.29) is 23.2 Å². The molecule has 1 saturated heterocycles. The predicted octanol–water partition coefficient (Wildman–Crippen LogP) is 4.73. The monoisotopic (exact) mass is 559 g/mol. The molecule has 2 aromatic heterocycles. The third kappa shape index (κ3) is 6.47. The van der Waals surface area contributed by atoms with Crippen LogP contribution in [0, 0.1) is 11.6 Å². The smallest absolute Gasteiger partial charge is 0.248 e. The van der Waals surface area contributed by atoms with E-state index >= 15 is 8.78 Å². The Morgan fingerprint density at radius 3 is 2.54 bits per heavy atom. The highest BCUT2D eigenvalue weighted by atomic mass is 19.2. The van der Waals surface area contributed by atoms with Crippen LogP contribution in [0.25, 0.3) is 22.2 Å². The largest absolute Gasteiger partial charge is 0.389 e.